The lowest BCUT2D eigenvalue weighted by Crippen LogP contribution is -2.27. The molecule has 0 aromatic heterocycles. The third-order valence-corrected chi connectivity index (χ3v) is 4.36. The van der Waals surface area contributed by atoms with Crippen molar-refractivity contribution in [2.45, 2.75) is 25.7 Å². The van der Waals surface area contributed by atoms with E-state index in [-0.39, 0.29) is 24.8 Å². The fourth-order valence-electron chi connectivity index (χ4n) is 2.81. The summed E-state index contributed by atoms with van der Waals surface area (Å²) in [6.45, 7) is 0.202. The van der Waals surface area contributed by atoms with E-state index in [1.165, 1.54) is 11.1 Å². The fourth-order valence-corrected chi connectivity index (χ4v) is 3.03. The number of hydrogen-bond acceptors (Lipinski definition) is 3. The maximum absolute atomic E-state index is 12.0. The minimum atomic E-state index is -0.368. The lowest BCUT2D eigenvalue weighted by molar-refractivity contribution is -0.134. The molecular weight excluding hydrogens is 326 g/mol. The summed E-state index contributed by atoms with van der Waals surface area (Å²) >= 11 is 5.96. The zero-order valence-electron chi connectivity index (χ0n) is 13.2. The van der Waals surface area contributed by atoms with Crippen LogP contribution in [0, 0.1) is 0 Å². The molecule has 0 unspecified atom stereocenters. The largest absolute Gasteiger partial charge is 0.426 e. The van der Waals surface area contributed by atoms with E-state index in [9.17, 15) is 9.59 Å². The van der Waals surface area contributed by atoms with Crippen LogP contribution in [0.4, 0.5) is 0 Å². The second kappa shape index (κ2) is 7.49. The quantitative estimate of drug-likeness (QED) is 0.667. The van der Waals surface area contributed by atoms with E-state index in [0.29, 0.717) is 16.3 Å². The van der Waals surface area contributed by atoms with Crippen LogP contribution in [0.1, 0.15) is 34.3 Å². The number of amides is 1. The first kappa shape index (κ1) is 16.5. The van der Waals surface area contributed by atoms with E-state index in [2.05, 4.69) is 5.32 Å². The third-order valence-electron chi connectivity index (χ3n) is 4.03. The topological polar surface area (TPSA) is 55.4 Å². The van der Waals surface area contributed by atoms with Gasteiger partial charge in [-0.15, -0.1) is 0 Å². The summed E-state index contributed by atoms with van der Waals surface area (Å²) in [4.78, 5) is 23.9. The Morgan fingerprint density at radius 1 is 1.08 bits per heavy atom. The van der Waals surface area contributed by atoms with E-state index in [0.717, 1.165) is 19.3 Å². The molecule has 0 saturated heterocycles. The highest BCUT2D eigenvalue weighted by atomic mass is 35.5. The molecule has 0 heterocycles. The molecule has 1 amide bonds. The summed E-state index contributed by atoms with van der Waals surface area (Å²) in [6, 6.07) is 12.6. The molecule has 24 heavy (non-hydrogen) atoms. The van der Waals surface area contributed by atoms with E-state index in [4.69, 9.17) is 16.3 Å². The predicted octanol–water partition coefficient (Wildman–Crippen LogP) is 3.55. The molecule has 2 aromatic carbocycles. The monoisotopic (exact) mass is 343 g/mol. The lowest BCUT2D eigenvalue weighted by atomic mass is 10.1. The van der Waals surface area contributed by atoms with Crippen LogP contribution in [0.2, 0.25) is 5.02 Å². The number of halogens is 1. The molecule has 0 bridgehead atoms. The van der Waals surface area contributed by atoms with Crippen molar-refractivity contribution in [1.82, 2.24) is 5.32 Å². The molecule has 0 atom stereocenters. The van der Waals surface area contributed by atoms with E-state index >= 15 is 0 Å². The maximum atomic E-state index is 12.0. The van der Waals surface area contributed by atoms with Crippen molar-refractivity contribution in [2.75, 3.05) is 6.54 Å². The Labute approximate surface area is 145 Å². The van der Waals surface area contributed by atoms with Crippen molar-refractivity contribution in [1.29, 1.82) is 0 Å². The van der Waals surface area contributed by atoms with E-state index < -0.39 is 0 Å². The first-order chi connectivity index (χ1) is 11.6. The van der Waals surface area contributed by atoms with Crippen LogP contribution in [-0.4, -0.2) is 18.4 Å². The number of rotatable bonds is 5. The Hall–Kier alpha value is -2.33. The van der Waals surface area contributed by atoms with Gasteiger partial charge in [0.15, 0.2) is 0 Å². The first-order valence-electron chi connectivity index (χ1n) is 7.99. The van der Waals surface area contributed by atoms with Gasteiger partial charge in [0.25, 0.3) is 5.91 Å². The maximum Gasteiger partial charge on any atom is 0.312 e. The number of hydrogen-bond donors (Lipinski definition) is 1. The third kappa shape index (κ3) is 3.95. The molecule has 4 nitrogen and oxygen atoms in total. The van der Waals surface area contributed by atoms with Crippen molar-refractivity contribution in [3.63, 3.8) is 0 Å². The standard InChI is InChI=1S/C19H18ClNO3/c20-17-7-2-1-6-16(17)19(23)21-11-10-18(22)24-15-9-8-13-4-3-5-14(13)12-15/h1-2,6-9,12H,3-5,10-11H2,(H,21,23). The van der Waals surface area contributed by atoms with Gasteiger partial charge in [0, 0.05) is 6.54 Å². The summed E-state index contributed by atoms with van der Waals surface area (Å²) in [6.07, 6.45) is 3.39. The van der Waals surface area contributed by atoms with Crippen molar-refractivity contribution in [3.05, 3.63) is 64.2 Å². The van der Waals surface area contributed by atoms with Crippen molar-refractivity contribution in [2.24, 2.45) is 0 Å². The second-order valence-corrected chi connectivity index (χ2v) is 6.15. The fraction of sp³-hybridized carbons (Fsp3) is 0.263. The van der Waals surface area contributed by atoms with Crippen LogP contribution in [0.5, 0.6) is 5.75 Å². The van der Waals surface area contributed by atoms with Crippen LogP contribution in [-0.2, 0) is 17.6 Å². The Balaban J connectivity index is 1.48. The molecule has 3 rings (SSSR count). The molecule has 0 spiro atoms. The minimum Gasteiger partial charge on any atom is -0.426 e. The number of benzene rings is 2. The summed E-state index contributed by atoms with van der Waals surface area (Å²) in [5.41, 5.74) is 2.99. The second-order valence-electron chi connectivity index (χ2n) is 5.74. The Morgan fingerprint density at radius 2 is 1.88 bits per heavy atom. The molecule has 1 aliphatic rings. The summed E-state index contributed by atoms with van der Waals surface area (Å²) < 4.78 is 5.33. The van der Waals surface area contributed by atoms with Gasteiger partial charge in [-0.2, -0.15) is 0 Å². The highest BCUT2D eigenvalue weighted by molar-refractivity contribution is 6.33. The zero-order chi connectivity index (χ0) is 16.9. The number of carbonyl (C=O) groups is 2. The lowest BCUT2D eigenvalue weighted by Gasteiger charge is -2.08. The number of ether oxygens (including phenoxy) is 1. The predicted molar refractivity (Wildman–Crippen MR) is 92.5 cm³/mol. The highest BCUT2D eigenvalue weighted by Crippen LogP contribution is 2.26. The van der Waals surface area contributed by atoms with E-state index in [1.54, 1.807) is 24.3 Å². The molecule has 2 aromatic rings. The number of aryl methyl sites for hydroxylation is 2. The normalized spacial score (nSPS) is 12.5. The first-order valence-corrected chi connectivity index (χ1v) is 8.36. The van der Waals surface area contributed by atoms with Crippen LogP contribution < -0.4 is 10.1 Å². The van der Waals surface area contributed by atoms with Crippen molar-refractivity contribution >= 4 is 23.5 Å². The van der Waals surface area contributed by atoms with Crippen LogP contribution in [0.3, 0.4) is 0 Å². The average molecular weight is 344 g/mol. The minimum absolute atomic E-state index is 0.104. The van der Waals surface area contributed by atoms with Crippen molar-refractivity contribution in [3.8, 4) is 5.75 Å². The van der Waals surface area contributed by atoms with E-state index in [1.807, 2.05) is 18.2 Å². The molecule has 0 fully saturated rings. The Kier molecular flexibility index (Phi) is 5.16. The molecule has 1 N–H and O–H groups in total. The number of nitrogens with one attached hydrogen (secondary N) is 1. The zero-order valence-corrected chi connectivity index (χ0v) is 13.9. The van der Waals surface area contributed by atoms with Gasteiger partial charge in [-0.1, -0.05) is 29.8 Å². The number of carbonyl (C=O) groups excluding carboxylic acids is 2. The molecule has 5 heteroatoms. The Bertz CT molecular complexity index is 773. The van der Waals surface area contributed by atoms with Crippen molar-refractivity contribution < 1.29 is 14.3 Å². The number of fused-ring (bicyclic) bond motifs is 1. The molecule has 0 aliphatic heterocycles. The molecule has 1 aliphatic carbocycles. The van der Waals surface area contributed by atoms with Gasteiger partial charge in [0.05, 0.1) is 17.0 Å². The van der Waals surface area contributed by atoms with Crippen LogP contribution in [0.25, 0.3) is 0 Å². The SMILES string of the molecule is O=C(CCNC(=O)c1ccccc1Cl)Oc1ccc2c(c1)CCC2. The summed E-state index contributed by atoms with van der Waals surface area (Å²) in [5, 5.41) is 3.06. The highest BCUT2D eigenvalue weighted by Gasteiger charge is 2.14. The van der Waals surface area contributed by atoms with Crippen LogP contribution in [0.15, 0.2) is 42.5 Å². The van der Waals surface area contributed by atoms with Gasteiger partial charge in [0.2, 0.25) is 0 Å². The summed E-state index contributed by atoms with van der Waals surface area (Å²) in [5.74, 6) is -0.101. The number of esters is 1. The van der Waals surface area contributed by atoms with Gasteiger partial charge < -0.3 is 10.1 Å². The Morgan fingerprint density at radius 3 is 2.71 bits per heavy atom. The average Bonchev–Trinajstić information content (AvgIpc) is 3.02. The van der Waals surface area contributed by atoms with Gasteiger partial charge in [-0.3, -0.25) is 9.59 Å². The van der Waals surface area contributed by atoms with Gasteiger partial charge in [0.1, 0.15) is 5.75 Å². The molecule has 0 radical (unpaired) electrons. The molecule has 124 valence electrons. The molecule has 0 saturated carbocycles. The van der Waals surface area contributed by atoms with Gasteiger partial charge in [-0.25, -0.2) is 0 Å². The summed E-state index contributed by atoms with van der Waals surface area (Å²) in [7, 11) is 0. The smallest absolute Gasteiger partial charge is 0.312 e. The van der Waals surface area contributed by atoms with Gasteiger partial charge >= 0.3 is 5.97 Å². The van der Waals surface area contributed by atoms with Crippen LogP contribution >= 0.6 is 11.6 Å². The molecular formula is C19H18ClNO3. The van der Waals surface area contributed by atoms with Gasteiger partial charge in [-0.05, 0) is 54.7 Å².